The lowest BCUT2D eigenvalue weighted by atomic mass is 10.0. The summed E-state index contributed by atoms with van der Waals surface area (Å²) in [5.74, 6) is 0.840. The lowest BCUT2D eigenvalue weighted by Crippen LogP contribution is -2.04. The summed E-state index contributed by atoms with van der Waals surface area (Å²) in [4.78, 5) is 11.4. The highest BCUT2D eigenvalue weighted by Crippen LogP contribution is 2.35. The molecule has 2 rings (SSSR count). The molecule has 0 aliphatic heterocycles. The van der Waals surface area contributed by atoms with E-state index in [0.29, 0.717) is 18.3 Å². The van der Waals surface area contributed by atoms with Gasteiger partial charge >= 0.3 is 5.97 Å². The van der Waals surface area contributed by atoms with Gasteiger partial charge < -0.3 is 4.74 Å². The van der Waals surface area contributed by atoms with Crippen LogP contribution in [0.5, 0.6) is 0 Å². The average Bonchev–Trinajstić information content (AvgIpc) is 2.57. The molecule has 0 amide bonds. The maximum atomic E-state index is 11.4. The number of benzene rings is 2. The largest absolute Gasteiger partial charge is 0.466 e. The van der Waals surface area contributed by atoms with E-state index in [2.05, 4.69) is 48.5 Å². The van der Waals surface area contributed by atoms with Crippen molar-refractivity contribution < 1.29 is 9.53 Å². The van der Waals surface area contributed by atoms with Gasteiger partial charge in [-0.3, -0.25) is 4.79 Å². The van der Waals surface area contributed by atoms with Gasteiger partial charge in [0.2, 0.25) is 0 Å². The van der Waals surface area contributed by atoms with Gasteiger partial charge in [0.1, 0.15) is 0 Å². The molecule has 0 aliphatic carbocycles. The van der Waals surface area contributed by atoms with Crippen LogP contribution in [0.2, 0.25) is 0 Å². The quantitative estimate of drug-likeness (QED) is 0.514. The van der Waals surface area contributed by atoms with Crippen LogP contribution in [0.1, 0.15) is 36.1 Å². The second-order valence-corrected chi connectivity index (χ2v) is 6.19. The molecule has 2 aromatic rings. The van der Waals surface area contributed by atoms with E-state index in [-0.39, 0.29) is 5.97 Å². The van der Waals surface area contributed by atoms with Gasteiger partial charge in [-0.15, -0.1) is 11.8 Å². The Labute approximate surface area is 136 Å². The molecule has 0 heterocycles. The third-order valence-corrected chi connectivity index (χ3v) is 4.72. The van der Waals surface area contributed by atoms with Crippen LogP contribution in [0, 0.1) is 0 Å². The van der Waals surface area contributed by atoms with Crippen LogP contribution in [-0.2, 0) is 9.53 Å². The zero-order valence-electron chi connectivity index (χ0n) is 12.9. The number of carbonyl (C=O) groups is 1. The normalized spacial score (nSPS) is 10.6. The molecule has 0 N–H and O–H groups in total. The number of hydrogen-bond donors (Lipinski definition) is 0. The monoisotopic (exact) mass is 314 g/mol. The number of ether oxygens (including phenoxy) is 1. The van der Waals surface area contributed by atoms with Gasteiger partial charge in [0, 0.05) is 6.42 Å². The molecular formula is C19H22O2S. The minimum atomic E-state index is -0.0981. The molecule has 2 aromatic carbocycles. The van der Waals surface area contributed by atoms with Crippen LogP contribution >= 0.6 is 11.8 Å². The minimum Gasteiger partial charge on any atom is -0.466 e. The van der Waals surface area contributed by atoms with E-state index in [4.69, 9.17) is 4.74 Å². The molecule has 0 aliphatic rings. The van der Waals surface area contributed by atoms with Gasteiger partial charge in [-0.05, 0) is 30.2 Å². The Hall–Kier alpha value is -1.74. The molecule has 116 valence electrons. The second-order valence-electron chi connectivity index (χ2n) is 4.98. The minimum absolute atomic E-state index is 0.0981. The highest BCUT2D eigenvalue weighted by Gasteiger charge is 2.14. The Morgan fingerprint density at radius 3 is 2.05 bits per heavy atom. The lowest BCUT2D eigenvalue weighted by molar-refractivity contribution is -0.143. The molecule has 0 saturated carbocycles. The molecule has 0 aromatic heterocycles. The number of rotatable bonds is 8. The van der Waals surface area contributed by atoms with Crippen molar-refractivity contribution in [1.82, 2.24) is 0 Å². The molecule has 0 bridgehead atoms. The van der Waals surface area contributed by atoms with Crippen molar-refractivity contribution in [3.05, 3.63) is 71.8 Å². The second kappa shape index (κ2) is 9.31. The van der Waals surface area contributed by atoms with Gasteiger partial charge in [-0.2, -0.15) is 0 Å². The maximum absolute atomic E-state index is 11.4. The third-order valence-electron chi connectivity index (χ3n) is 3.32. The van der Waals surface area contributed by atoms with Gasteiger partial charge in [0.25, 0.3) is 0 Å². The van der Waals surface area contributed by atoms with Crippen molar-refractivity contribution >= 4 is 17.7 Å². The van der Waals surface area contributed by atoms with Crippen molar-refractivity contribution in [3.63, 3.8) is 0 Å². The first-order chi connectivity index (χ1) is 10.8. The molecule has 0 spiro atoms. The van der Waals surface area contributed by atoms with E-state index in [9.17, 15) is 4.79 Å². The molecule has 0 atom stereocenters. The highest BCUT2D eigenvalue weighted by atomic mass is 32.2. The molecule has 0 saturated heterocycles. The van der Waals surface area contributed by atoms with E-state index < -0.39 is 0 Å². The molecule has 0 radical (unpaired) electrons. The van der Waals surface area contributed by atoms with E-state index >= 15 is 0 Å². The van der Waals surface area contributed by atoms with Crippen LogP contribution in [0.25, 0.3) is 0 Å². The van der Waals surface area contributed by atoms with Crippen LogP contribution in [0.4, 0.5) is 0 Å². The fraction of sp³-hybridized carbons (Fsp3) is 0.316. The first-order valence-corrected chi connectivity index (χ1v) is 8.73. The summed E-state index contributed by atoms with van der Waals surface area (Å²) < 4.78 is 4.97. The Morgan fingerprint density at radius 2 is 1.55 bits per heavy atom. The topological polar surface area (TPSA) is 26.3 Å². The van der Waals surface area contributed by atoms with Gasteiger partial charge in [-0.25, -0.2) is 0 Å². The van der Waals surface area contributed by atoms with Gasteiger partial charge in [0.05, 0.1) is 11.9 Å². The average molecular weight is 314 g/mol. The van der Waals surface area contributed by atoms with Gasteiger partial charge in [0.15, 0.2) is 0 Å². The van der Waals surface area contributed by atoms with Crippen LogP contribution < -0.4 is 0 Å². The molecular weight excluding hydrogens is 292 g/mol. The first-order valence-electron chi connectivity index (χ1n) is 7.68. The Kier molecular flexibility index (Phi) is 7.04. The van der Waals surface area contributed by atoms with Crippen LogP contribution in [0.15, 0.2) is 60.7 Å². The van der Waals surface area contributed by atoms with E-state index in [0.717, 1.165) is 12.2 Å². The number of carbonyl (C=O) groups excluding carboxylic acids is 1. The summed E-state index contributed by atoms with van der Waals surface area (Å²) in [6.07, 6.45) is 1.34. The molecule has 0 unspecified atom stereocenters. The smallest absolute Gasteiger partial charge is 0.305 e. The van der Waals surface area contributed by atoms with Gasteiger partial charge in [-0.1, -0.05) is 60.7 Å². The van der Waals surface area contributed by atoms with Crippen molar-refractivity contribution in [2.45, 2.75) is 25.0 Å². The van der Waals surface area contributed by atoms with Crippen molar-refractivity contribution in [1.29, 1.82) is 0 Å². The summed E-state index contributed by atoms with van der Waals surface area (Å²) in [5.41, 5.74) is 2.60. The van der Waals surface area contributed by atoms with E-state index in [1.807, 2.05) is 30.8 Å². The number of hydrogen-bond acceptors (Lipinski definition) is 3. The number of thioether (sulfide) groups is 1. The molecule has 22 heavy (non-hydrogen) atoms. The van der Waals surface area contributed by atoms with Crippen molar-refractivity contribution in [2.75, 3.05) is 12.4 Å². The summed E-state index contributed by atoms with van der Waals surface area (Å²) in [6.45, 7) is 2.30. The van der Waals surface area contributed by atoms with Crippen LogP contribution in [0.3, 0.4) is 0 Å². The first kappa shape index (κ1) is 16.6. The van der Waals surface area contributed by atoms with E-state index in [1.165, 1.54) is 11.1 Å². The highest BCUT2D eigenvalue weighted by molar-refractivity contribution is 7.99. The predicted octanol–water partition coefficient (Wildman–Crippen LogP) is 4.85. The Bertz CT molecular complexity index is 515. The predicted molar refractivity (Wildman–Crippen MR) is 93.1 cm³/mol. The summed E-state index contributed by atoms with van der Waals surface area (Å²) in [5, 5.41) is 0.310. The Morgan fingerprint density at radius 1 is 1.00 bits per heavy atom. The maximum Gasteiger partial charge on any atom is 0.305 e. The molecule has 0 fully saturated rings. The molecule has 3 heteroatoms. The van der Waals surface area contributed by atoms with Crippen molar-refractivity contribution in [3.8, 4) is 0 Å². The third kappa shape index (κ3) is 5.23. The summed E-state index contributed by atoms with van der Waals surface area (Å²) >= 11 is 1.88. The number of esters is 1. The lowest BCUT2D eigenvalue weighted by Gasteiger charge is -2.17. The molecule has 2 nitrogen and oxygen atoms in total. The fourth-order valence-corrected chi connectivity index (χ4v) is 3.54. The summed E-state index contributed by atoms with van der Waals surface area (Å²) in [7, 11) is 0. The summed E-state index contributed by atoms with van der Waals surface area (Å²) in [6, 6.07) is 21.0. The van der Waals surface area contributed by atoms with E-state index in [1.54, 1.807) is 0 Å². The van der Waals surface area contributed by atoms with Crippen molar-refractivity contribution in [2.24, 2.45) is 0 Å². The van der Waals surface area contributed by atoms with Crippen LogP contribution in [-0.4, -0.2) is 18.3 Å². The zero-order valence-corrected chi connectivity index (χ0v) is 13.7. The fourth-order valence-electron chi connectivity index (χ4n) is 2.29. The SMILES string of the molecule is CCOC(=O)CCCSC(c1ccccc1)c1ccccc1. The Balaban J connectivity index is 1.96. The standard InChI is InChI=1S/C19H22O2S/c1-2-21-18(20)14-9-15-22-19(16-10-5-3-6-11-16)17-12-7-4-8-13-17/h3-8,10-13,19H,2,9,14-15H2,1H3. The zero-order chi connectivity index (χ0) is 15.6.